The Balaban J connectivity index is 1.86. The summed E-state index contributed by atoms with van der Waals surface area (Å²) in [5, 5.41) is 1.76. The van der Waals surface area contributed by atoms with Gasteiger partial charge in [0, 0.05) is 19.6 Å². The van der Waals surface area contributed by atoms with Crippen molar-refractivity contribution in [2.24, 2.45) is 0 Å². The van der Waals surface area contributed by atoms with E-state index in [1.807, 2.05) is 4.90 Å². The number of nitrogens with zero attached hydrogens (tertiary/aromatic N) is 2. The van der Waals surface area contributed by atoms with E-state index in [4.69, 9.17) is 0 Å². The summed E-state index contributed by atoms with van der Waals surface area (Å²) in [6.45, 7) is 1.98. The summed E-state index contributed by atoms with van der Waals surface area (Å²) in [7, 11) is -3.54. The van der Waals surface area contributed by atoms with Gasteiger partial charge in [0.2, 0.25) is 5.91 Å². The Hall–Kier alpha value is -0.920. The molecule has 3 heterocycles. The quantitative estimate of drug-likeness (QED) is 0.852. The molecule has 7 heteroatoms. The van der Waals surface area contributed by atoms with Crippen molar-refractivity contribution < 1.29 is 13.2 Å². The number of hydrogen-bond donors (Lipinski definition) is 0. The number of piperidine rings is 1. The summed E-state index contributed by atoms with van der Waals surface area (Å²) in [6, 6.07) is 2.84. The average Bonchev–Trinajstić information content (AvgIpc) is 3.19. The molecule has 1 atom stereocenters. The summed E-state index contributed by atoms with van der Waals surface area (Å²) >= 11 is 1.21. The maximum atomic E-state index is 12.7. The molecular formula is C14H20N2O3S2. The summed E-state index contributed by atoms with van der Waals surface area (Å²) in [4.78, 5) is 14.5. The Morgan fingerprint density at radius 2 is 1.86 bits per heavy atom. The van der Waals surface area contributed by atoms with Crippen LogP contribution in [0.4, 0.5) is 0 Å². The van der Waals surface area contributed by atoms with Gasteiger partial charge in [-0.3, -0.25) is 4.79 Å². The highest BCUT2D eigenvalue weighted by Gasteiger charge is 2.40. The van der Waals surface area contributed by atoms with Crippen LogP contribution >= 0.6 is 11.3 Å². The Morgan fingerprint density at radius 3 is 2.52 bits per heavy atom. The first-order valence-electron chi connectivity index (χ1n) is 7.45. The van der Waals surface area contributed by atoms with Gasteiger partial charge in [-0.25, -0.2) is 8.42 Å². The predicted molar refractivity (Wildman–Crippen MR) is 81.7 cm³/mol. The Morgan fingerprint density at radius 1 is 1.14 bits per heavy atom. The number of rotatable bonds is 3. The van der Waals surface area contributed by atoms with Crippen LogP contribution in [0.15, 0.2) is 21.7 Å². The van der Waals surface area contributed by atoms with Gasteiger partial charge >= 0.3 is 0 Å². The highest BCUT2D eigenvalue weighted by atomic mass is 32.2. The first-order valence-corrected chi connectivity index (χ1v) is 9.77. The van der Waals surface area contributed by atoms with Crippen LogP contribution in [0, 0.1) is 0 Å². The second-order valence-corrected chi connectivity index (χ2v) is 8.66. The lowest BCUT2D eigenvalue weighted by Crippen LogP contribution is -2.52. The Kier molecular flexibility index (Phi) is 4.33. The second-order valence-electron chi connectivity index (χ2n) is 5.59. The van der Waals surface area contributed by atoms with Crippen molar-refractivity contribution in [2.75, 3.05) is 19.6 Å². The Bertz CT molecular complexity index is 592. The third kappa shape index (κ3) is 2.86. The van der Waals surface area contributed by atoms with E-state index in [0.717, 1.165) is 38.8 Å². The van der Waals surface area contributed by atoms with Crippen molar-refractivity contribution in [1.82, 2.24) is 9.21 Å². The van der Waals surface area contributed by atoms with Crippen LogP contribution in [-0.4, -0.2) is 49.2 Å². The molecule has 0 aliphatic carbocycles. The maximum Gasteiger partial charge on any atom is 0.253 e. The third-order valence-electron chi connectivity index (χ3n) is 4.21. The van der Waals surface area contributed by atoms with Gasteiger partial charge in [0.05, 0.1) is 0 Å². The zero-order valence-electron chi connectivity index (χ0n) is 11.9. The van der Waals surface area contributed by atoms with Crippen molar-refractivity contribution in [2.45, 2.75) is 42.4 Å². The van der Waals surface area contributed by atoms with Crippen LogP contribution in [0.25, 0.3) is 0 Å². The first-order chi connectivity index (χ1) is 10.1. The van der Waals surface area contributed by atoms with E-state index in [2.05, 4.69) is 0 Å². The number of amides is 1. The first kappa shape index (κ1) is 15.0. The van der Waals surface area contributed by atoms with Crippen molar-refractivity contribution in [3.63, 3.8) is 0 Å². The highest BCUT2D eigenvalue weighted by molar-refractivity contribution is 7.91. The number of thiophene rings is 1. The van der Waals surface area contributed by atoms with Crippen molar-refractivity contribution in [3.8, 4) is 0 Å². The number of likely N-dealkylation sites (tertiary alicyclic amines) is 1. The molecule has 2 aliphatic rings. The van der Waals surface area contributed by atoms with Gasteiger partial charge in [0.25, 0.3) is 10.0 Å². The van der Waals surface area contributed by atoms with E-state index in [9.17, 15) is 13.2 Å². The SMILES string of the molecule is O=C([C@H]1CCCCN1S(=O)(=O)c1cccs1)N1CCCC1. The molecule has 0 spiro atoms. The maximum absolute atomic E-state index is 12.7. The molecule has 1 aromatic rings. The van der Waals surface area contributed by atoms with Gasteiger partial charge in [-0.2, -0.15) is 4.31 Å². The largest absolute Gasteiger partial charge is 0.341 e. The minimum Gasteiger partial charge on any atom is -0.341 e. The average molecular weight is 328 g/mol. The third-order valence-corrected chi connectivity index (χ3v) is 7.50. The Labute approximate surface area is 129 Å². The molecule has 1 aromatic heterocycles. The van der Waals surface area contributed by atoms with Gasteiger partial charge in [-0.15, -0.1) is 11.3 Å². The molecule has 0 radical (unpaired) electrons. The fourth-order valence-corrected chi connectivity index (χ4v) is 5.88. The molecular weight excluding hydrogens is 308 g/mol. The fraction of sp³-hybridized carbons (Fsp3) is 0.643. The number of carbonyl (C=O) groups is 1. The minimum absolute atomic E-state index is 0.00710. The van der Waals surface area contributed by atoms with Gasteiger partial charge in [0.1, 0.15) is 10.3 Å². The molecule has 21 heavy (non-hydrogen) atoms. The molecule has 0 aromatic carbocycles. The van der Waals surface area contributed by atoms with E-state index >= 15 is 0 Å². The summed E-state index contributed by atoms with van der Waals surface area (Å²) < 4.78 is 27.3. The van der Waals surface area contributed by atoms with Crippen molar-refractivity contribution in [1.29, 1.82) is 0 Å². The van der Waals surface area contributed by atoms with Crippen LogP contribution in [0.3, 0.4) is 0 Å². The molecule has 2 saturated heterocycles. The molecule has 0 bridgehead atoms. The van der Waals surface area contributed by atoms with Crippen LogP contribution in [-0.2, 0) is 14.8 Å². The lowest BCUT2D eigenvalue weighted by Gasteiger charge is -2.35. The topological polar surface area (TPSA) is 57.7 Å². The number of hydrogen-bond acceptors (Lipinski definition) is 4. The molecule has 0 unspecified atom stereocenters. The van der Waals surface area contributed by atoms with E-state index in [1.54, 1.807) is 17.5 Å². The smallest absolute Gasteiger partial charge is 0.253 e. The van der Waals surface area contributed by atoms with Crippen LogP contribution in [0.1, 0.15) is 32.1 Å². The molecule has 3 rings (SSSR count). The second kappa shape index (κ2) is 6.06. The summed E-state index contributed by atoms with van der Waals surface area (Å²) in [5.74, 6) is -0.00710. The van der Waals surface area contributed by atoms with Gasteiger partial charge in [0.15, 0.2) is 0 Å². The van der Waals surface area contributed by atoms with Gasteiger partial charge in [-0.05, 0) is 37.1 Å². The molecule has 1 amide bonds. The van der Waals surface area contributed by atoms with Gasteiger partial charge < -0.3 is 4.90 Å². The van der Waals surface area contributed by atoms with Crippen molar-refractivity contribution in [3.05, 3.63) is 17.5 Å². The lowest BCUT2D eigenvalue weighted by molar-refractivity contribution is -0.135. The molecule has 0 saturated carbocycles. The summed E-state index contributed by atoms with van der Waals surface area (Å²) in [6.07, 6.45) is 4.43. The molecule has 2 fully saturated rings. The molecule has 0 N–H and O–H groups in total. The zero-order chi connectivity index (χ0) is 14.9. The molecule has 5 nitrogen and oxygen atoms in total. The van der Waals surface area contributed by atoms with E-state index in [0.29, 0.717) is 17.2 Å². The highest BCUT2D eigenvalue weighted by Crippen LogP contribution is 2.29. The normalized spacial score (nSPS) is 24.4. The number of carbonyl (C=O) groups excluding carboxylic acids is 1. The molecule has 116 valence electrons. The van der Waals surface area contributed by atoms with Crippen molar-refractivity contribution >= 4 is 27.3 Å². The predicted octanol–water partition coefficient (Wildman–Crippen LogP) is 1.91. The molecule has 2 aliphatic heterocycles. The monoisotopic (exact) mass is 328 g/mol. The van der Waals surface area contributed by atoms with Crippen LogP contribution in [0.5, 0.6) is 0 Å². The van der Waals surface area contributed by atoms with Crippen LogP contribution < -0.4 is 0 Å². The fourth-order valence-electron chi connectivity index (χ4n) is 3.11. The lowest BCUT2D eigenvalue weighted by atomic mass is 10.0. The van der Waals surface area contributed by atoms with Gasteiger partial charge in [-0.1, -0.05) is 12.5 Å². The van der Waals surface area contributed by atoms with Crippen LogP contribution in [0.2, 0.25) is 0 Å². The van der Waals surface area contributed by atoms with E-state index in [1.165, 1.54) is 15.6 Å². The summed E-state index contributed by atoms with van der Waals surface area (Å²) in [5.41, 5.74) is 0. The van der Waals surface area contributed by atoms with E-state index < -0.39 is 16.1 Å². The zero-order valence-corrected chi connectivity index (χ0v) is 13.5. The number of sulfonamides is 1. The standard InChI is InChI=1S/C14H20N2O3S2/c17-14(15-8-3-4-9-15)12-6-1-2-10-16(12)21(18,19)13-7-5-11-20-13/h5,7,11-12H,1-4,6,8-10H2/t12-/m1/s1. The van der Waals surface area contributed by atoms with E-state index in [-0.39, 0.29) is 5.91 Å². The minimum atomic E-state index is -3.54.